The van der Waals surface area contributed by atoms with Crippen LogP contribution in [0.2, 0.25) is 0 Å². The third-order valence-corrected chi connectivity index (χ3v) is 5.16. The number of aryl methyl sites for hydroxylation is 2. The molecule has 0 saturated carbocycles. The van der Waals surface area contributed by atoms with Crippen molar-refractivity contribution in [1.29, 1.82) is 0 Å². The first kappa shape index (κ1) is 17.7. The van der Waals surface area contributed by atoms with E-state index >= 15 is 0 Å². The maximum atomic E-state index is 12.6. The van der Waals surface area contributed by atoms with Gasteiger partial charge in [-0.2, -0.15) is 0 Å². The molecular formula is C19H24N5O3+. The van der Waals surface area contributed by atoms with Crippen LogP contribution >= 0.6 is 0 Å². The van der Waals surface area contributed by atoms with Gasteiger partial charge in [0.15, 0.2) is 17.0 Å². The number of fused-ring (bicyclic) bond motifs is 1. The average molecular weight is 370 g/mol. The van der Waals surface area contributed by atoms with Crippen molar-refractivity contribution in [3.63, 3.8) is 0 Å². The molecular weight excluding hydrogens is 346 g/mol. The van der Waals surface area contributed by atoms with Crippen molar-refractivity contribution in [2.24, 2.45) is 7.05 Å². The lowest BCUT2D eigenvalue weighted by atomic mass is 10.1. The van der Waals surface area contributed by atoms with Crippen molar-refractivity contribution in [2.45, 2.75) is 20.0 Å². The van der Waals surface area contributed by atoms with E-state index in [9.17, 15) is 9.59 Å². The average Bonchev–Trinajstić information content (AvgIpc) is 3.01. The van der Waals surface area contributed by atoms with Gasteiger partial charge in [-0.15, -0.1) is 0 Å². The third-order valence-electron chi connectivity index (χ3n) is 5.16. The fourth-order valence-electron chi connectivity index (χ4n) is 3.52. The van der Waals surface area contributed by atoms with Gasteiger partial charge in [0.2, 0.25) is 0 Å². The summed E-state index contributed by atoms with van der Waals surface area (Å²) >= 11 is 0. The van der Waals surface area contributed by atoms with E-state index in [-0.39, 0.29) is 0 Å². The lowest BCUT2D eigenvalue weighted by Crippen LogP contribution is -3.12. The van der Waals surface area contributed by atoms with Gasteiger partial charge in [-0.25, -0.2) is 9.78 Å². The van der Waals surface area contributed by atoms with E-state index < -0.39 is 11.2 Å². The number of quaternary nitrogens is 1. The number of benzene rings is 1. The number of ether oxygens (including phenoxy) is 1. The van der Waals surface area contributed by atoms with Gasteiger partial charge in [0, 0.05) is 13.6 Å². The molecule has 0 aliphatic carbocycles. The second-order valence-corrected chi connectivity index (χ2v) is 7.13. The summed E-state index contributed by atoms with van der Waals surface area (Å²) in [6.45, 7) is 6.55. The number of aromatic amines is 1. The van der Waals surface area contributed by atoms with Gasteiger partial charge in [0.05, 0.1) is 13.2 Å². The monoisotopic (exact) mass is 370 g/mol. The number of morpholine rings is 1. The molecule has 8 heteroatoms. The Morgan fingerprint density at radius 1 is 1.19 bits per heavy atom. The van der Waals surface area contributed by atoms with Gasteiger partial charge in [-0.05, 0) is 12.5 Å². The summed E-state index contributed by atoms with van der Waals surface area (Å²) in [6, 6.07) is 8.23. The number of nitrogens with one attached hydrogen (secondary N) is 2. The molecule has 1 aromatic carbocycles. The number of H-pyrrole nitrogens is 1. The SMILES string of the molecule is Cc1ccc(Cn2c(C[NH+]3CCOCC3)nc3c2c(=O)[nH]c(=O)n3C)cc1. The molecule has 1 aliphatic heterocycles. The van der Waals surface area contributed by atoms with Gasteiger partial charge in [-0.3, -0.25) is 14.3 Å². The molecule has 3 aromatic rings. The molecule has 0 amide bonds. The molecule has 0 radical (unpaired) electrons. The second kappa shape index (κ2) is 7.13. The Hall–Kier alpha value is -2.71. The predicted octanol–water partition coefficient (Wildman–Crippen LogP) is -0.805. The van der Waals surface area contributed by atoms with Crippen LogP contribution in [0.1, 0.15) is 17.0 Å². The number of hydrogen-bond donors (Lipinski definition) is 2. The van der Waals surface area contributed by atoms with Crippen LogP contribution in [-0.2, 0) is 24.9 Å². The number of nitrogens with zero attached hydrogens (tertiary/aromatic N) is 3. The minimum absolute atomic E-state index is 0.393. The summed E-state index contributed by atoms with van der Waals surface area (Å²) in [7, 11) is 1.63. The maximum absolute atomic E-state index is 12.6. The van der Waals surface area contributed by atoms with Crippen LogP contribution in [-0.4, -0.2) is 45.4 Å². The molecule has 0 atom stereocenters. The van der Waals surface area contributed by atoms with Crippen molar-refractivity contribution < 1.29 is 9.64 Å². The van der Waals surface area contributed by atoms with Gasteiger partial charge >= 0.3 is 5.69 Å². The fourth-order valence-corrected chi connectivity index (χ4v) is 3.52. The van der Waals surface area contributed by atoms with Crippen LogP contribution < -0.4 is 16.1 Å². The van der Waals surface area contributed by atoms with Crippen molar-refractivity contribution in [1.82, 2.24) is 19.1 Å². The summed E-state index contributed by atoms with van der Waals surface area (Å²) in [5.41, 5.74) is 2.31. The van der Waals surface area contributed by atoms with Gasteiger partial charge in [0.1, 0.15) is 19.6 Å². The zero-order chi connectivity index (χ0) is 19.0. The van der Waals surface area contributed by atoms with E-state index in [0.717, 1.165) is 37.7 Å². The van der Waals surface area contributed by atoms with Crippen molar-refractivity contribution >= 4 is 11.2 Å². The quantitative estimate of drug-likeness (QED) is 0.629. The highest BCUT2D eigenvalue weighted by molar-refractivity contribution is 5.71. The molecule has 3 heterocycles. The second-order valence-electron chi connectivity index (χ2n) is 7.13. The maximum Gasteiger partial charge on any atom is 0.329 e. The molecule has 1 aliphatic rings. The molecule has 8 nitrogen and oxygen atoms in total. The van der Waals surface area contributed by atoms with Gasteiger partial charge < -0.3 is 14.2 Å². The minimum atomic E-state index is -0.447. The van der Waals surface area contributed by atoms with Crippen LogP contribution in [0.4, 0.5) is 0 Å². The van der Waals surface area contributed by atoms with Crippen molar-refractivity contribution in [2.75, 3.05) is 26.3 Å². The fraction of sp³-hybridized carbons (Fsp3) is 0.421. The van der Waals surface area contributed by atoms with Crippen LogP contribution in [0.25, 0.3) is 11.2 Å². The zero-order valence-corrected chi connectivity index (χ0v) is 15.6. The van der Waals surface area contributed by atoms with E-state index in [1.54, 1.807) is 7.05 Å². The molecule has 27 heavy (non-hydrogen) atoms. The van der Waals surface area contributed by atoms with E-state index in [2.05, 4.69) is 34.2 Å². The van der Waals surface area contributed by atoms with E-state index in [1.807, 2.05) is 11.5 Å². The molecule has 1 fully saturated rings. The number of rotatable bonds is 4. The minimum Gasteiger partial charge on any atom is -0.370 e. The molecule has 4 rings (SSSR count). The summed E-state index contributed by atoms with van der Waals surface area (Å²) in [5.74, 6) is 0.814. The smallest absolute Gasteiger partial charge is 0.329 e. The number of aromatic nitrogens is 4. The molecule has 0 bridgehead atoms. The molecule has 1 saturated heterocycles. The lowest BCUT2D eigenvalue weighted by molar-refractivity contribution is -0.922. The Morgan fingerprint density at radius 2 is 1.89 bits per heavy atom. The first-order chi connectivity index (χ1) is 13.0. The van der Waals surface area contributed by atoms with Crippen molar-refractivity contribution in [3.05, 3.63) is 62.1 Å². The van der Waals surface area contributed by atoms with Crippen molar-refractivity contribution in [3.8, 4) is 0 Å². The molecule has 0 spiro atoms. The van der Waals surface area contributed by atoms with Gasteiger partial charge in [0.25, 0.3) is 5.56 Å². The Kier molecular flexibility index (Phi) is 4.67. The largest absolute Gasteiger partial charge is 0.370 e. The molecule has 0 unspecified atom stereocenters. The first-order valence-corrected chi connectivity index (χ1v) is 9.18. The predicted molar refractivity (Wildman–Crippen MR) is 101 cm³/mol. The summed E-state index contributed by atoms with van der Waals surface area (Å²) in [5, 5.41) is 0. The highest BCUT2D eigenvalue weighted by Crippen LogP contribution is 2.14. The highest BCUT2D eigenvalue weighted by Gasteiger charge is 2.22. The Bertz CT molecular complexity index is 1070. The summed E-state index contributed by atoms with van der Waals surface area (Å²) < 4.78 is 8.79. The highest BCUT2D eigenvalue weighted by atomic mass is 16.5. The normalized spacial score (nSPS) is 15.5. The van der Waals surface area contributed by atoms with Gasteiger partial charge in [-0.1, -0.05) is 29.8 Å². The summed E-state index contributed by atoms with van der Waals surface area (Å²) in [6.07, 6.45) is 0. The van der Waals surface area contributed by atoms with Crippen LogP contribution in [0.5, 0.6) is 0 Å². The molecule has 142 valence electrons. The lowest BCUT2D eigenvalue weighted by Gasteiger charge is -2.23. The van der Waals surface area contributed by atoms with E-state index in [1.165, 1.54) is 15.0 Å². The Balaban J connectivity index is 1.82. The Morgan fingerprint density at radius 3 is 2.59 bits per heavy atom. The van der Waals surface area contributed by atoms with E-state index in [4.69, 9.17) is 4.74 Å². The number of imidazole rings is 1. The standard InChI is InChI=1S/C19H23N5O3/c1-13-3-5-14(6-4-13)11-24-15(12-23-7-9-27-10-8-23)20-17-16(24)18(25)21-19(26)22(17)2/h3-6H,7-12H2,1-2H3,(H,21,25,26)/p+1. The first-order valence-electron chi connectivity index (χ1n) is 9.18. The van der Waals surface area contributed by atoms with Crippen LogP contribution in [0, 0.1) is 6.92 Å². The Labute approximate surface area is 156 Å². The molecule has 2 N–H and O–H groups in total. The van der Waals surface area contributed by atoms with E-state index in [0.29, 0.717) is 24.3 Å². The zero-order valence-electron chi connectivity index (χ0n) is 15.6. The number of hydrogen-bond acceptors (Lipinski definition) is 4. The topological polar surface area (TPSA) is 86.3 Å². The molecule has 2 aromatic heterocycles. The van der Waals surface area contributed by atoms with Crippen LogP contribution in [0.3, 0.4) is 0 Å². The van der Waals surface area contributed by atoms with Crippen LogP contribution in [0.15, 0.2) is 33.9 Å². The third kappa shape index (κ3) is 3.45. The summed E-state index contributed by atoms with van der Waals surface area (Å²) in [4.78, 5) is 33.0.